The quantitative estimate of drug-likeness (QED) is 0.695. The van der Waals surface area contributed by atoms with Gasteiger partial charge in [-0.3, -0.25) is 4.79 Å². The molecule has 7 heteroatoms. The van der Waals surface area contributed by atoms with Crippen LogP contribution in [0.2, 0.25) is 0 Å². The van der Waals surface area contributed by atoms with E-state index in [0.29, 0.717) is 22.6 Å². The minimum absolute atomic E-state index is 0.167. The number of thioether (sulfide) groups is 1. The maximum absolute atomic E-state index is 12.2. The van der Waals surface area contributed by atoms with E-state index in [1.165, 1.54) is 29.5 Å². The van der Waals surface area contributed by atoms with E-state index in [0.717, 1.165) is 29.7 Å². The molecule has 0 radical (unpaired) electrons. The van der Waals surface area contributed by atoms with Crippen LogP contribution in [0.25, 0.3) is 10.2 Å². The van der Waals surface area contributed by atoms with Crippen molar-refractivity contribution in [2.45, 2.75) is 24.9 Å². The molecule has 1 atom stereocenters. The lowest BCUT2D eigenvalue weighted by molar-refractivity contribution is -0.130. The van der Waals surface area contributed by atoms with Crippen molar-refractivity contribution in [3.63, 3.8) is 0 Å². The fourth-order valence-corrected chi connectivity index (χ4v) is 4.14. The second-order valence-electron chi connectivity index (χ2n) is 5.41. The van der Waals surface area contributed by atoms with Crippen LogP contribution in [-0.4, -0.2) is 39.6 Å². The number of carbonyl (C=O) groups excluding carboxylic acids is 1. The van der Waals surface area contributed by atoms with Crippen LogP contribution in [0.1, 0.15) is 19.8 Å². The van der Waals surface area contributed by atoms with Gasteiger partial charge in [0.1, 0.15) is 10.6 Å². The van der Waals surface area contributed by atoms with Crippen molar-refractivity contribution < 1.29 is 4.79 Å². The summed E-state index contributed by atoms with van der Waals surface area (Å²) in [4.78, 5) is 23.8. The highest BCUT2D eigenvalue weighted by atomic mass is 32.2. The summed E-state index contributed by atoms with van der Waals surface area (Å²) in [6.07, 6.45) is 2.31. The van der Waals surface area contributed by atoms with Crippen molar-refractivity contribution in [3.8, 4) is 0 Å². The lowest BCUT2D eigenvalue weighted by Gasteiger charge is -2.30. The zero-order chi connectivity index (χ0) is 14.8. The molecule has 3 heterocycles. The number of carbonyl (C=O) groups is 1. The van der Waals surface area contributed by atoms with Gasteiger partial charge in [0, 0.05) is 13.1 Å². The molecule has 0 aromatic carbocycles. The number of aromatic nitrogens is 2. The first-order valence-electron chi connectivity index (χ1n) is 7.05. The first-order chi connectivity index (χ1) is 10.1. The van der Waals surface area contributed by atoms with E-state index in [9.17, 15) is 4.79 Å². The number of nitrogens with two attached hydrogens (primary N) is 1. The summed E-state index contributed by atoms with van der Waals surface area (Å²) in [6.45, 7) is 3.93. The average molecular weight is 322 g/mol. The van der Waals surface area contributed by atoms with Gasteiger partial charge in [-0.2, -0.15) is 0 Å². The van der Waals surface area contributed by atoms with Gasteiger partial charge in [0.25, 0.3) is 0 Å². The Balaban J connectivity index is 1.64. The Morgan fingerprint density at radius 1 is 1.57 bits per heavy atom. The Labute approximate surface area is 131 Å². The standard InChI is InChI=1S/C14H18N4OS2/c1-9-3-2-5-18(7-9)11(19)8-21-14-16-12(15)10-4-6-20-13(10)17-14/h4,6,9H,2-3,5,7-8H2,1H3,(H2,15,16,17). The molecular formula is C14H18N4OS2. The lowest BCUT2D eigenvalue weighted by atomic mass is 10.0. The molecule has 1 saturated heterocycles. The van der Waals surface area contributed by atoms with Crippen molar-refractivity contribution in [2.75, 3.05) is 24.6 Å². The number of hydrogen-bond donors (Lipinski definition) is 1. The van der Waals surface area contributed by atoms with Gasteiger partial charge in [-0.25, -0.2) is 9.97 Å². The van der Waals surface area contributed by atoms with Gasteiger partial charge >= 0.3 is 0 Å². The molecule has 2 aromatic rings. The number of rotatable bonds is 3. The molecule has 0 bridgehead atoms. The van der Waals surface area contributed by atoms with Gasteiger partial charge in [0.2, 0.25) is 5.91 Å². The van der Waals surface area contributed by atoms with Crippen LogP contribution in [0.15, 0.2) is 16.6 Å². The number of amides is 1. The van der Waals surface area contributed by atoms with Crippen LogP contribution >= 0.6 is 23.1 Å². The Morgan fingerprint density at radius 3 is 3.24 bits per heavy atom. The molecule has 2 N–H and O–H groups in total. The molecule has 1 unspecified atom stereocenters. The summed E-state index contributed by atoms with van der Waals surface area (Å²) < 4.78 is 0. The van der Waals surface area contributed by atoms with Crippen LogP contribution in [0.5, 0.6) is 0 Å². The number of hydrogen-bond acceptors (Lipinski definition) is 6. The van der Waals surface area contributed by atoms with E-state index in [1.807, 2.05) is 16.3 Å². The summed E-state index contributed by atoms with van der Waals surface area (Å²) in [7, 11) is 0. The maximum atomic E-state index is 12.2. The van der Waals surface area contributed by atoms with Gasteiger partial charge in [0.15, 0.2) is 5.16 Å². The van der Waals surface area contributed by atoms with E-state index in [1.54, 1.807) is 0 Å². The molecule has 1 aliphatic heterocycles. The largest absolute Gasteiger partial charge is 0.383 e. The number of fused-ring (bicyclic) bond motifs is 1. The normalized spacial score (nSPS) is 19.1. The summed E-state index contributed by atoms with van der Waals surface area (Å²) in [5.41, 5.74) is 5.92. The molecule has 1 aliphatic rings. The molecule has 112 valence electrons. The molecular weight excluding hydrogens is 304 g/mol. The second-order valence-corrected chi connectivity index (χ2v) is 7.24. The number of piperidine rings is 1. The molecule has 0 saturated carbocycles. The Bertz CT molecular complexity index is 657. The average Bonchev–Trinajstić information content (AvgIpc) is 2.93. The monoisotopic (exact) mass is 322 g/mol. The third-order valence-corrected chi connectivity index (χ3v) is 5.31. The molecule has 0 spiro atoms. The van der Waals surface area contributed by atoms with Crippen LogP contribution in [0, 0.1) is 5.92 Å². The van der Waals surface area contributed by atoms with Crippen LogP contribution in [0.4, 0.5) is 5.82 Å². The predicted octanol–water partition coefficient (Wildman–Crippen LogP) is 2.62. The number of nitrogen functional groups attached to an aromatic ring is 1. The van der Waals surface area contributed by atoms with Crippen molar-refractivity contribution in [2.24, 2.45) is 5.92 Å². The lowest BCUT2D eigenvalue weighted by Crippen LogP contribution is -2.40. The fraction of sp³-hybridized carbons (Fsp3) is 0.500. The highest BCUT2D eigenvalue weighted by molar-refractivity contribution is 7.99. The van der Waals surface area contributed by atoms with Gasteiger partial charge in [-0.1, -0.05) is 18.7 Å². The van der Waals surface area contributed by atoms with E-state index >= 15 is 0 Å². The Morgan fingerprint density at radius 2 is 2.43 bits per heavy atom. The van der Waals surface area contributed by atoms with Gasteiger partial charge in [-0.15, -0.1) is 11.3 Å². The van der Waals surface area contributed by atoms with Crippen molar-refractivity contribution >= 4 is 45.0 Å². The van der Waals surface area contributed by atoms with Crippen LogP contribution in [-0.2, 0) is 4.79 Å². The summed E-state index contributed by atoms with van der Waals surface area (Å²) in [5.74, 6) is 1.63. The summed E-state index contributed by atoms with van der Waals surface area (Å²) in [6, 6.07) is 1.92. The molecule has 21 heavy (non-hydrogen) atoms. The Hall–Kier alpha value is -1.34. The summed E-state index contributed by atoms with van der Waals surface area (Å²) >= 11 is 2.91. The summed E-state index contributed by atoms with van der Waals surface area (Å²) in [5, 5.41) is 3.42. The van der Waals surface area contributed by atoms with E-state index in [2.05, 4.69) is 16.9 Å². The van der Waals surface area contributed by atoms with Crippen molar-refractivity contribution in [3.05, 3.63) is 11.4 Å². The number of anilines is 1. The van der Waals surface area contributed by atoms with E-state index in [-0.39, 0.29) is 5.91 Å². The highest BCUT2D eigenvalue weighted by Gasteiger charge is 2.21. The second kappa shape index (κ2) is 6.19. The van der Waals surface area contributed by atoms with Gasteiger partial charge < -0.3 is 10.6 Å². The zero-order valence-electron chi connectivity index (χ0n) is 11.9. The SMILES string of the molecule is CC1CCCN(C(=O)CSc2nc(N)c3ccsc3n2)C1. The van der Waals surface area contributed by atoms with E-state index in [4.69, 9.17) is 5.73 Å². The molecule has 0 aliphatic carbocycles. The smallest absolute Gasteiger partial charge is 0.233 e. The molecule has 3 rings (SSSR count). The number of nitrogens with zero attached hydrogens (tertiary/aromatic N) is 3. The van der Waals surface area contributed by atoms with Gasteiger partial charge in [0.05, 0.1) is 11.1 Å². The topological polar surface area (TPSA) is 72.1 Å². The molecule has 5 nitrogen and oxygen atoms in total. The predicted molar refractivity (Wildman–Crippen MR) is 87.5 cm³/mol. The minimum atomic E-state index is 0.167. The van der Waals surface area contributed by atoms with Gasteiger partial charge in [-0.05, 0) is 30.2 Å². The first-order valence-corrected chi connectivity index (χ1v) is 8.91. The third-order valence-electron chi connectivity index (χ3n) is 3.67. The zero-order valence-corrected chi connectivity index (χ0v) is 13.5. The highest BCUT2D eigenvalue weighted by Crippen LogP contribution is 2.26. The third kappa shape index (κ3) is 3.29. The van der Waals surface area contributed by atoms with E-state index < -0.39 is 0 Å². The van der Waals surface area contributed by atoms with Crippen molar-refractivity contribution in [1.29, 1.82) is 0 Å². The van der Waals surface area contributed by atoms with Crippen molar-refractivity contribution in [1.82, 2.24) is 14.9 Å². The first kappa shape index (κ1) is 14.6. The minimum Gasteiger partial charge on any atom is -0.383 e. The number of likely N-dealkylation sites (tertiary alicyclic amines) is 1. The Kier molecular flexibility index (Phi) is 4.30. The van der Waals surface area contributed by atoms with Crippen LogP contribution < -0.4 is 5.73 Å². The van der Waals surface area contributed by atoms with Crippen LogP contribution in [0.3, 0.4) is 0 Å². The molecule has 2 aromatic heterocycles. The number of thiophene rings is 1. The maximum Gasteiger partial charge on any atom is 0.233 e. The fourth-order valence-electron chi connectivity index (χ4n) is 2.56. The molecule has 1 fully saturated rings. The molecule has 1 amide bonds.